The zero-order valence-corrected chi connectivity index (χ0v) is 12.5. The summed E-state index contributed by atoms with van der Waals surface area (Å²) in [7, 11) is 2.03. The van der Waals surface area contributed by atoms with Gasteiger partial charge in [-0.3, -0.25) is 0 Å². The third-order valence-corrected chi connectivity index (χ3v) is 6.62. The molecule has 1 aliphatic heterocycles. The molecule has 3 atom stereocenters. The molecule has 3 unspecified atom stereocenters. The fraction of sp³-hybridized carbons (Fsp3) is 0.571. The monoisotopic (exact) mass is 285 g/mol. The zero-order valence-electron chi connectivity index (χ0n) is 10.9. The average Bonchev–Trinajstić information content (AvgIpc) is 2.39. The van der Waals surface area contributed by atoms with Crippen molar-refractivity contribution >= 4 is 23.5 Å². The van der Waals surface area contributed by atoms with Crippen molar-refractivity contribution < 1.29 is 4.39 Å². The number of halogens is 1. The molecule has 1 saturated heterocycles. The lowest BCUT2D eigenvalue weighted by Crippen LogP contribution is -2.44. The van der Waals surface area contributed by atoms with Gasteiger partial charge < -0.3 is 5.32 Å². The van der Waals surface area contributed by atoms with Gasteiger partial charge in [0.1, 0.15) is 5.82 Å². The predicted octanol–water partition coefficient (Wildman–Crippen LogP) is 3.19. The van der Waals surface area contributed by atoms with E-state index in [-0.39, 0.29) is 5.82 Å². The second-order valence-electron chi connectivity index (χ2n) is 4.64. The number of thioether (sulfide) groups is 2. The molecule has 0 spiro atoms. The highest BCUT2D eigenvalue weighted by Gasteiger charge is 2.29. The van der Waals surface area contributed by atoms with Gasteiger partial charge in [0.2, 0.25) is 0 Å². The first-order valence-electron chi connectivity index (χ1n) is 6.35. The number of rotatable bonds is 4. The van der Waals surface area contributed by atoms with Gasteiger partial charge in [-0.15, -0.1) is 0 Å². The minimum absolute atomic E-state index is 0.157. The average molecular weight is 285 g/mol. The normalized spacial score (nSPS) is 25.9. The van der Waals surface area contributed by atoms with Crippen LogP contribution in [0.3, 0.4) is 0 Å². The van der Waals surface area contributed by atoms with Gasteiger partial charge in [0, 0.05) is 28.0 Å². The molecule has 1 fully saturated rings. The van der Waals surface area contributed by atoms with Gasteiger partial charge in [0.15, 0.2) is 0 Å². The van der Waals surface area contributed by atoms with Crippen LogP contribution in [0.25, 0.3) is 0 Å². The smallest absolute Gasteiger partial charge is 0.123 e. The molecule has 0 aliphatic carbocycles. The molecule has 0 amide bonds. The van der Waals surface area contributed by atoms with Crippen LogP contribution in [-0.2, 0) is 6.42 Å². The molecule has 100 valence electrons. The van der Waals surface area contributed by atoms with Crippen molar-refractivity contribution in [3.63, 3.8) is 0 Å². The molecule has 1 heterocycles. The highest BCUT2D eigenvalue weighted by molar-refractivity contribution is 8.07. The third-order valence-electron chi connectivity index (χ3n) is 3.37. The molecule has 4 heteroatoms. The highest BCUT2D eigenvalue weighted by Crippen LogP contribution is 2.33. The van der Waals surface area contributed by atoms with E-state index in [4.69, 9.17) is 0 Å². The first-order chi connectivity index (χ1) is 8.70. The van der Waals surface area contributed by atoms with Crippen molar-refractivity contribution in [2.24, 2.45) is 0 Å². The standard InChI is InChI=1S/C14H20FNS2/c1-10-14(18-8-7-17-10)13(16-2)9-11-3-5-12(15)6-4-11/h3-6,10,13-14,16H,7-9H2,1-2H3. The fourth-order valence-electron chi connectivity index (χ4n) is 2.35. The summed E-state index contributed by atoms with van der Waals surface area (Å²) in [6.07, 6.45) is 0.972. The summed E-state index contributed by atoms with van der Waals surface area (Å²) in [5, 5.41) is 4.76. The van der Waals surface area contributed by atoms with E-state index in [0.29, 0.717) is 16.5 Å². The van der Waals surface area contributed by atoms with Crippen molar-refractivity contribution in [3.8, 4) is 0 Å². The van der Waals surface area contributed by atoms with Gasteiger partial charge >= 0.3 is 0 Å². The minimum atomic E-state index is -0.157. The second-order valence-corrected chi connectivity index (χ2v) is 7.41. The Balaban J connectivity index is 2.02. The molecular formula is C14H20FNS2. The molecule has 0 radical (unpaired) electrons. The van der Waals surface area contributed by atoms with Crippen molar-refractivity contribution in [2.75, 3.05) is 18.6 Å². The molecular weight excluding hydrogens is 265 g/mol. The van der Waals surface area contributed by atoms with Crippen LogP contribution < -0.4 is 5.32 Å². The van der Waals surface area contributed by atoms with Crippen LogP contribution in [0.4, 0.5) is 4.39 Å². The summed E-state index contributed by atoms with van der Waals surface area (Å²) >= 11 is 4.13. The number of benzene rings is 1. The van der Waals surface area contributed by atoms with Crippen LogP contribution >= 0.6 is 23.5 Å². The molecule has 1 N–H and O–H groups in total. The Morgan fingerprint density at radius 1 is 1.28 bits per heavy atom. The lowest BCUT2D eigenvalue weighted by molar-refractivity contribution is 0.530. The highest BCUT2D eigenvalue weighted by atomic mass is 32.2. The summed E-state index contributed by atoms with van der Waals surface area (Å²) in [5.41, 5.74) is 1.21. The zero-order chi connectivity index (χ0) is 13.0. The number of hydrogen-bond donors (Lipinski definition) is 1. The molecule has 18 heavy (non-hydrogen) atoms. The van der Waals surface area contributed by atoms with Gasteiger partial charge in [-0.2, -0.15) is 23.5 Å². The van der Waals surface area contributed by atoms with Crippen LogP contribution in [0.5, 0.6) is 0 Å². The van der Waals surface area contributed by atoms with Crippen LogP contribution in [-0.4, -0.2) is 35.1 Å². The van der Waals surface area contributed by atoms with Crippen molar-refractivity contribution in [1.29, 1.82) is 0 Å². The second kappa shape index (κ2) is 6.83. The summed E-state index contributed by atoms with van der Waals surface area (Å²) in [6.45, 7) is 2.32. The van der Waals surface area contributed by atoms with Crippen molar-refractivity contribution in [1.82, 2.24) is 5.32 Å². The lowest BCUT2D eigenvalue weighted by atomic mass is 10.0. The van der Waals surface area contributed by atoms with E-state index in [2.05, 4.69) is 35.8 Å². The first kappa shape index (κ1) is 14.2. The van der Waals surface area contributed by atoms with E-state index in [1.807, 2.05) is 19.2 Å². The van der Waals surface area contributed by atoms with Gasteiger partial charge in [-0.05, 0) is 31.2 Å². The topological polar surface area (TPSA) is 12.0 Å². The first-order valence-corrected chi connectivity index (χ1v) is 8.45. The van der Waals surface area contributed by atoms with Crippen molar-refractivity contribution in [3.05, 3.63) is 35.6 Å². The third kappa shape index (κ3) is 3.65. The van der Waals surface area contributed by atoms with E-state index >= 15 is 0 Å². The maximum absolute atomic E-state index is 12.9. The van der Waals surface area contributed by atoms with Crippen molar-refractivity contribution in [2.45, 2.75) is 29.9 Å². The quantitative estimate of drug-likeness (QED) is 0.912. The Hall–Kier alpha value is -0.190. The van der Waals surface area contributed by atoms with E-state index in [0.717, 1.165) is 6.42 Å². The molecule has 1 aliphatic rings. The van der Waals surface area contributed by atoms with E-state index < -0.39 is 0 Å². The number of hydrogen-bond acceptors (Lipinski definition) is 3. The van der Waals surface area contributed by atoms with Crippen LogP contribution in [0.1, 0.15) is 12.5 Å². The Morgan fingerprint density at radius 2 is 1.94 bits per heavy atom. The summed E-state index contributed by atoms with van der Waals surface area (Å²) in [5.74, 6) is 2.34. The molecule has 0 aromatic heterocycles. The largest absolute Gasteiger partial charge is 0.316 e. The van der Waals surface area contributed by atoms with Crippen LogP contribution in [0, 0.1) is 5.82 Å². The molecule has 1 aromatic carbocycles. The fourth-order valence-corrected chi connectivity index (χ4v) is 5.35. The van der Waals surface area contributed by atoms with Gasteiger partial charge in [0.25, 0.3) is 0 Å². The lowest BCUT2D eigenvalue weighted by Gasteiger charge is -2.34. The van der Waals surface area contributed by atoms with E-state index in [1.165, 1.54) is 17.1 Å². The number of nitrogens with one attached hydrogen (secondary N) is 1. The van der Waals surface area contributed by atoms with Crippen LogP contribution in [0.2, 0.25) is 0 Å². The Morgan fingerprint density at radius 3 is 2.56 bits per heavy atom. The maximum atomic E-state index is 12.9. The van der Waals surface area contributed by atoms with Gasteiger partial charge in [-0.1, -0.05) is 19.1 Å². The van der Waals surface area contributed by atoms with Crippen LogP contribution in [0.15, 0.2) is 24.3 Å². The molecule has 0 bridgehead atoms. The molecule has 2 rings (SSSR count). The Kier molecular flexibility index (Phi) is 5.39. The summed E-state index contributed by atoms with van der Waals surface area (Å²) in [6, 6.07) is 7.35. The predicted molar refractivity (Wildman–Crippen MR) is 81.1 cm³/mol. The molecule has 1 aromatic rings. The Labute approximate surface area is 117 Å². The summed E-state index contributed by atoms with van der Waals surface area (Å²) in [4.78, 5) is 0. The van der Waals surface area contributed by atoms with Gasteiger partial charge in [0.05, 0.1) is 0 Å². The molecule has 1 nitrogen and oxygen atoms in total. The Bertz CT molecular complexity index is 369. The van der Waals surface area contributed by atoms with Gasteiger partial charge in [-0.25, -0.2) is 4.39 Å². The van der Waals surface area contributed by atoms with E-state index in [1.54, 1.807) is 12.1 Å². The molecule has 0 saturated carbocycles. The number of likely N-dealkylation sites (N-methyl/N-ethyl adjacent to an activating group) is 1. The van der Waals surface area contributed by atoms with E-state index in [9.17, 15) is 4.39 Å². The minimum Gasteiger partial charge on any atom is -0.316 e. The summed E-state index contributed by atoms with van der Waals surface area (Å²) < 4.78 is 12.9. The maximum Gasteiger partial charge on any atom is 0.123 e. The SMILES string of the molecule is CNC(Cc1ccc(F)cc1)C1SCCSC1C.